The number of carbonyl (C=O) groups excluding carboxylic acids is 1. The smallest absolute Gasteiger partial charge is 0.251 e. The molecule has 1 amide bonds. The van der Waals surface area contributed by atoms with E-state index in [0.29, 0.717) is 18.0 Å². The summed E-state index contributed by atoms with van der Waals surface area (Å²) in [5.41, 5.74) is 0.693. The van der Waals surface area contributed by atoms with Gasteiger partial charge in [-0.25, -0.2) is 0 Å². The maximum absolute atomic E-state index is 12.3. The zero-order valence-corrected chi connectivity index (χ0v) is 13.4. The van der Waals surface area contributed by atoms with Crippen LogP contribution < -0.4 is 5.32 Å². The highest BCUT2D eigenvalue weighted by Gasteiger charge is 2.25. The van der Waals surface area contributed by atoms with E-state index >= 15 is 0 Å². The molecule has 21 heavy (non-hydrogen) atoms. The second-order valence-electron chi connectivity index (χ2n) is 5.59. The van der Waals surface area contributed by atoms with Crippen molar-refractivity contribution in [1.82, 2.24) is 5.32 Å². The van der Waals surface area contributed by atoms with Crippen molar-refractivity contribution >= 4 is 28.3 Å². The van der Waals surface area contributed by atoms with Gasteiger partial charge in [0.05, 0.1) is 0 Å². The molecule has 0 saturated heterocycles. The topological polar surface area (TPSA) is 29.1 Å². The van der Waals surface area contributed by atoms with Crippen LogP contribution in [-0.2, 0) is 0 Å². The van der Waals surface area contributed by atoms with E-state index < -0.39 is 0 Å². The Morgan fingerprint density at radius 2 is 1.76 bits per heavy atom. The van der Waals surface area contributed by atoms with Gasteiger partial charge < -0.3 is 5.32 Å². The maximum atomic E-state index is 12.3. The minimum atomic E-state index is -0.0304. The lowest BCUT2D eigenvalue weighted by Gasteiger charge is -2.29. The Bertz CT molecular complexity index is 611. The molecule has 0 heterocycles. The van der Waals surface area contributed by atoms with Crippen LogP contribution in [0.4, 0.5) is 0 Å². The zero-order valence-electron chi connectivity index (χ0n) is 12.7. The molecule has 2 nitrogen and oxygen atoms in total. The maximum Gasteiger partial charge on any atom is 0.251 e. The summed E-state index contributed by atoms with van der Waals surface area (Å²) in [4.78, 5) is 12.3. The first-order valence-corrected chi connectivity index (χ1v) is 8.00. The molecule has 0 aromatic heterocycles. The number of nitrogens with one attached hydrogen (secondary N) is 1. The van der Waals surface area contributed by atoms with Crippen molar-refractivity contribution < 1.29 is 4.79 Å². The number of rotatable bonds is 6. The Morgan fingerprint density at radius 3 is 2.38 bits per heavy atom. The molecule has 0 saturated carbocycles. The molecule has 0 atom stereocenters. The van der Waals surface area contributed by atoms with Gasteiger partial charge in [0.15, 0.2) is 0 Å². The van der Waals surface area contributed by atoms with Gasteiger partial charge in [-0.05, 0) is 35.7 Å². The molecule has 2 rings (SSSR count). The van der Waals surface area contributed by atoms with E-state index in [9.17, 15) is 4.79 Å². The average molecular weight is 304 g/mol. The fraction of sp³-hybridized carbons (Fsp3) is 0.389. The van der Waals surface area contributed by atoms with E-state index in [2.05, 4.69) is 19.2 Å². The Hall–Kier alpha value is -1.54. The van der Waals surface area contributed by atoms with Crippen molar-refractivity contribution in [2.45, 2.75) is 26.7 Å². The molecule has 0 aliphatic heterocycles. The van der Waals surface area contributed by atoms with Crippen LogP contribution >= 0.6 is 11.6 Å². The summed E-state index contributed by atoms with van der Waals surface area (Å²) in [6, 6.07) is 13.8. The third-order valence-electron chi connectivity index (χ3n) is 4.42. The molecule has 3 heteroatoms. The normalized spacial score (nSPS) is 11.6. The van der Waals surface area contributed by atoms with Gasteiger partial charge >= 0.3 is 0 Å². The summed E-state index contributed by atoms with van der Waals surface area (Å²) in [7, 11) is 0. The summed E-state index contributed by atoms with van der Waals surface area (Å²) in [6.45, 7) is 4.86. The highest BCUT2D eigenvalue weighted by molar-refractivity contribution is 6.18. The Morgan fingerprint density at radius 1 is 1.10 bits per heavy atom. The van der Waals surface area contributed by atoms with Gasteiger partial charge in [-0.1, -0.05) is 44.2 Å². The Kier molecular flexibility index (Phi) is 5.24. The highest BCUT2D eigenvalue weighted by atomic mass is 35.5. The molecular formula is C18H22ClNO. The summed E-state index contributed by atoms with van der Waals surface area (Å²) in [5, 5.41) is 5.26. The summed E-state index contributed by atoms with van der Waals surface area (Å²) in [5.74, 6) is 0.537. The van der Waals surface area contributed by atoms with Crippen LogP contribution in [0.25, 0.3) is 10.8 Å². The lowest BCUT2D eigenvalue weighted by Crippen LogP contribution is -2.38. The summed E-state index contributed by atoms with van der Waals surface area (Å²) < 4.78 is 0. The molecule has 0 aliphatic carbocycles. The largest absolute Gasteiger partial charge is 0.351 e. The lowest BCUT2D eigenvalue weighted by molar-refractivity contribution is 0.0932. The van der Waals surface area contributed by atoms with Crippen LogP contribution in [0.5, 0.6) is 0 Å². The van der Waals surface area contributed by atoms with Crippen LogP contribution in [0.15, 0.2) is 42.5 Å². The number of hydrogen-bond acceptors (Lipinski definition) is 1. The monoisotopic (exact) mass is 303 g/mol. The minimum absolute atomic E-state index is 0.00589. The number of carbonyl (C=O) groups is 1. The SMILES string of the molecule is CCC(CC)(CCl)CNC(=O)c1ccc2ccccc2c1. The third kappa shape index (κ3) is 3.56. The lowest BCUT2D eigenvalue weighted by atomic mass is 9.84. The second-order valence-corrected chi connectivity index (χ2v) is 5.85. The molecule has 0 aliphatic rings. The van der Waals surface area contributed by atoms with E-state index in [0.717, 1.165) is 23.6 Å². The molecule has 0 spiro atoms. The Balaban J connectivity index is 2.11. The van der Waals surface area contributed by atoms with Gasteiger partial charge in [-0.2, -0.15) is 0 Å². The van der Waals surface area contributed by atoms with Crippen molar-refractivity contribution in [3.63, 3.8) is 0 Å². The van der Waals surface area contributed by atoms with Crippen molar-refractivity contribution in [2.24, 2.45) is 5.41 Å². The number of amides is 1. The molecular weight excluding hydrogens is 282 g/mol. The van der Waals surface area contributed by atoms with Gasteiger partial charge in [-0.3, -0.25) is 4.79 Å². The molecule has 0 bridgehead atoms. The predicted molar refractivity (Wildman–Crippen MR) is 90.0 cm³/mol. The molecule has 112 valence electrons. The molecule has 0 unspecified atom stereocenters. The van der Waals surface area contributed by atoms with Crippen LogP contribution in [-0.4, -0.2) is 18.3 Å². The van der Waals surface area contributed by atoms with Crippen LogP contribution in [0.2, 0.25) is 0 Å². The van der Waals surface area contributed by atoms with Crippen LogP contribution in [0.3, 0.4) is 0 Å². The molecule has 0 fully saturated rings. The zero-order chi connectivity index (χ0) is 15.3. The van der Waals surface area contributed by atoms with E-state index in [-0.39, 0.29) is 11.3 Å². The summed E-state index contributed by atoms with van der Waals surface area (Å²) in [6.07, 6.45) is 1.93. The van der Waals surface area contributed by atoms with Gasteiger partial charge in [0, 0.05) is 23.4 Å². The van der Waals surface area contributed by atoms with Gasteiger partial charge in [0.1, 0.15) is 0 Å². The first-order chi connectivity index (χ1) is 10.1. The van der Waals surface area contributed by atoms with Gasteiger partial charge in [0.2, 0.25) is 0 Å². The van der Waals surface area contributed by atoms with Crippen LogP contribution in [0, 0.1) is 5.41 Å². The van der Waals surface area contributed by atoms with Crippen molar-refractivity contribution in [2.75, 3.05) is 12.4 Å². The van der Waals surface area contributed by atoms with Gasteiger partial charge in [0.25, 0.3) is 5.91 Å². The van der Waals surface area contributed by atoms with E-state index in [1.807, 2.05) is 42.5 Å². The molecule has 2 aromatic rings. The number of halogens is 1. The fourth-order valence-electron chi connectivity index (χ4n) is 2.44. The molecule has 1 N–H and O–H groups in total. The standard InChI is InChI=1S/C18H22ClNO/c1-3-18(4-2,12-19)13-20-17(21)16-10-9-14-7-5-6-8-15(14)11-16/h5-11H,3-4,12-13H2,1-2H3,(H,20,21). The number of fused-ring (bicyclic) bond motifs is 1. The first-order valence-electron chi connectivity index (χ1n) is 7.47. The quantitative estimate of drug-likeness (QED) is 0.775. The van der Waals surface area contributed by atoms with E-state index in [4.69, 9.17) is 11.6 Å². The Labute approximate surface area is 131 Å². The predicted octanol–water partition coefficient (Wildman–Crippen LogP) is 4.61. The number of benzene rings is 2. The molecule has 0 radical (unpaired) electrons. The van der Waals surface area contributed by atoms with Crippen molar-refractivity contribution in [1.29, 1.82) is 0 Å². The molecule has 2 aromatic carbocycles. The van der Waals surface area contributed by atoms with E-state index in [1.54, 1.807) is 0 Å². The van der Waals surface area contributed by atoms with Gasteiger partial charge in [-0.15, -0.1) is 11.6 Å². The highest BCUT2D eigenvalue weighted by Crippen LogP contribution is 2.27. The second kappa shape index (κ2) is 6.95. The van der Waals surface area contributed by atoms with Crippen molar-refractivity contribution in [3.05, 3.63) is 48.0 Å². The third-order valence-corrected chi connectivity index (χ3v) is 4.99. The number of alkyl halides is 1. The first kappa shape index (κ1) is 15.8. The van der Waals surface area contributed by atoms with Crippen molar-refractivity contribution in [3.8, 4) is 0 Å². The minimum Gasteiger partial charge on any atom is -0.351 e. The summed E-state index contributed by atoms with van der Waals surface area (Å²) >= 11 is 6.08. The average Bonchev–Trinajstić information content (AvgIpc) is 2.56. The number of hydrogen-bond donors (Lipinski definition) is 1. The van der Waals surface area contributed by atoms with Crippen LogP contribution in [0.1, 0.15) is 37.0 Å². The van der Waals surface area contributed by atoms with E-state index in [1.165, 1.54) is 0 Å². The fourth-order valence-corrected chi connectivity index (χ4v) is 2.91.